The van der Waals surface area contributed by atoms with Gasteiger partial charge in [0.15, 0.2) is 0 Å². The molecular formula is C10H21NO. The van der Waals surface area contributed by atoms with Crippen molar-refractivity contribution < 1.29 is 5.11 Å². The maximum Gasteiger partial charge on any atom is 0.0695 e. The van der Waals surface area contributed by atoms with Gasteiger partial charge in [-0.15, -0.1) is 0 Å². The Kier molecular flexibility index (Phi) is 2.79. The van der Waals surface area contributed by atoms with Crippen LogP contribution in [0.25, 0.3) is 0 Å². The molecule has 72 valence electrons. The highest BCUT2D eigenvalue weighted by Crippen LogP contribution is 2.33. The van der Waals surface area contributed by atoms with Crippen LogP contribution in [0.2, 0.25) is 0 Å². The van der Waals surface area contributed by atoms with E-state index in [1.54, 1.807) is 0 Å². The summed E-state index contributed by atoms with van der Waals surface area (Å²) in [5, 5.41) is 9.68. The lowest BCUT2D eigenvalue weighted by Crippen LogP contribution is -2.43. The maximum absolute atomic E-state index is 9.68. The maximum atomic E-state index is 9.68. The molecule has 0 aromatic rings. The Morgan fingerprint density at radius 3 is 2.25 bits per heavy atom. The zero-order chi connectivity index (χ0) is 9.35. The number of hydrogen-bond donors (Lipinski definition) is 1. The average Bonchev–Trinajstić information content (AvgIpc) is 2.65. The number of aliphatic hydroxyl groups excluding tert-OH is 1. The molecule has 0 spiro atoms. The van der Waals surface area contributed by atoms with E-state index >= 15 is 0 Å². The predicted molar refractivity (Wildman–Crippen MR) is 51.1 cm³/mol. The van der Waals surface area contributed by atoms with Gasteiger partial charge < -0.3 is 5.11 Å². The second kappa shape index (κ2) is 3.35. The topological polar surface area (TPSA) is 23.5 Å². The van der Waals surface area contributed by atoms with E-state index in [0.717, 1.165) is 6.54 Å². The number of likely N-dealkylation sites (N-methyl/N-ethyl adjacent to an activating group) is 1. The summed E-state index contributed by atoms with van der Waals surface area (Å²) in [6.45, 7) is 7.33. The Balaban J connectivity index is 2.29. The van der Waals surface area contributed by atoms with Crippen molar-refractivity contribution in [3.63, 3.8) is 0 Å². The van der Waals surface area contributed by atoms with Gasteiger partial charge in [-0.05, 0) is 46.6 Å². The summed E-state index contributed by atoms with van der Waals surface area (Å²) < 4.78 is 0. The van der Waals surface area contributed by atoms with Crippen LogP contribution in [0.3, 0.4) is 0 Å². The second-order valence-electron chi connectivity index (χ2n) is 4.96. The Morgan fingerprint density at radius 2 is 1.92 bits per heavy atom. The smallest absolute Gasteiger partial charge is 0.0695 e. The fourth-order valence-corrected chi connectivity index (χ4v) is 1.18. The molecule has 1 N–H and O–H groups in total. The van der Waals surface area contributed by atoms with Gasteiger partial charge in [-0.2, -0.15) is 0 Å². The van der Waals surface area contributed by atoms with Crippen molar-refractivity contribution in [3.8, 4) is 0 Å². The van der Waals surface area contributed by atoms with Crippen molar-refractivity contribution >= 4 is 0 Å². The molecule has 0 radical (unpaired) electrons. The van der Waals surface area contributed by atoms with Crippen LogP contribution in [0.4, 0.5) is 0 Å². The van der Waals surface area contributed by atoms with Crippen LogP contribution >= 0.6 is 0 Å². The van der Waals surface area contributed by atoms with E-state index < -0.39 is 0 Å². The molecule has 0 amide bonds. The Morgan fingerprint density at radius 1 is 1.42 bits per heavy atom. The molecular weight excluding hydrogens is 150 g/mol. The third-order valence-corrected chi connectivity index (χ3v) is 2.77. The molecule has 1 fully saturated rings. The standard InChI is InChI=1S/C10H21NO/c1-10(2,3)11(4)7-9(12)8-5-6-8/h8-9,12H,5-7H2,1-4H3. The molecule has 1 unspecified atom stereocenters. The van der Waals surface area contributed by atoms with E-state index in [-0.39, 0.29) is 11.6 Å². The lowest BCUT2D eigenvalue weighted by atomic mass is 10.1. The fraction of sp³-hybridized carbons (Fsp3) is 1.00. The highest BCUT2D eigenvalue weighted by atomic mass is 16.3. The van der Waals surface area contributed by atoms with Gasteiger partial charge in [0, 0.05) is 12.1 Å². The molecule has 0 aromatic carbocycles. The first-order valence-corrected chi connectivity index (χ1v) is 4.80. The van der Waals surface area contributed by atoms with E-state index in [9.17, 15) is 5.11 Å². The largest absolute Gasteiger partial charge is 0.392 e. The normalized spacial score (nSPS) is 21.5. The number of nitrogens with zero attached hydrogens (tertiary/aromatic N) is 1. The first-order chi connectivity index (χ1) is 5.41. The van der Waals surface area contributed by atoms with Gasteiger partial charge in [-0.3, -0.25) is 4.90 Å². The van der Waals surface area contributed by atoms with Gasteiger partial charge in [0.05, 0.1) is 6.10 Å². The van der Waals surface area contributed by atoms with Crippen molar-refractivity contribution in [2.24, 2.45) is 5.92 Å². The summed E-state index contributed by atoms with van der Waals surface area (Å²) in [6, 6.07) is 0. The monoisotopic (exact) mass is 171 g/mol. The third-order valence-electron chi connectivity index (χ3n) is 2.77. The fourth-order valence-electron chi connectivity index (χ4n) is 1.18. The van der Waals surface area contributed by atoms with Gasteiger partial charge >= 0.3 is 0 Å². The summed E-state index contributed by atoms with van der Waals surface area (Å²) in [7, 11) is 2.08. The first kappa shape index (κ1) is 10.0. The summed E-state index contributed by atoms with van der Waals surface area (Å²) in [5.74, 6) is 0.592. The summed E-state index contributed by atoms with van der Waals surface area (Å²) in [6.07, 6.45) is 2.34. The highest BCUT2D eigenvalue weighted by molar-refractivity contribution is 4.85. The Bertz CT molecular complexity index is 146. The molecule has 0 aromatic heterocycles. The van der Waals surface area contributed by atoms with Crippen LogP contribution in [0.5, 0.6) is 0 Å². The van der Waals surface area contributed by atoms with E-state index in [0.29, 0.717) is 5.92 Å². The molecule has 1 rings (SSSR count). The molecule has 0 aliphatic heterocycles. The van der Waals surface area contributed by atoms with Gasteiger partial charge in [0.25, 0.3) is 0 Å². The number of hydrogen-bond acceptors (Lipinski definition) is 2. The quantitative estimate of drug-likeness (QED) is 0.695. The van der Waals surface area contributed by atoms with E-state index in [1.165, 1.54) is 12.8 Å². The summed E-state index contributed by atoms with van der Waals surface area (Å²) in [4.78, 5) is 2.22. The van der Waals surface area contributed by atoms with Crippen molar-refractivity contribution in [2.75, 3.05) is 13.6 Å². The predicted octanol–water partition coefficient (Wildman–Crippen LogP) is 1.49. The van der Waals surface area contributed by atoms with Crippen LogP contribution < -0.4 is 0 Å². The van der Waals surface area contributed by atoms with Crippen molar-refractivity contribution in [2.45, 2.75) is 45.3 Å². The molecule has 12 heavy (non-hydrogen) atoms. The average molecular weight is 171 g/mol. The Labute approximate surface area is 75.6 Å². The minimum atomic E-state index is -0.103. The molecule has 1 aliphatic rings. The molecule has 0 bridgehead atoms. The minimum absolute atomic E-state index is 0.103. The summed E-state index contributed by atoms with van der Waals surface area (Å²) in [5.41, 5.74) is 0.176. The summed E-state index contributed by atoms with van der Waals surface area (Å²) >= 11 is 0. The van der Waals surface area contributed by atoms with Crippen LogP contribution in [-0.2, 0) is 0 Å². The molecule has 1 saturated carbocycles. The van der Waals surface area contributed by atoms with Crippen LogP contribution in [0.1, 0.15) is 33.6 Å². The van der Waals surface area contributed by atoms with Crippen LogP contribution in [0, 0.1) is 5.92 Å². The highest BCUT2D eigenvalue weighted by Gasteiger charge is 2.31. The van der Waals surface area contributed by atoms with E-state index in [2.05, 4.69) is 32.7 Å². The van der Waals surface area contributed by atoms with Gasteiger partial charge in [-0.25, -0.2) is 0 Å². The third kappa shape index (κ3) is 2.76. The molecule has 1 aliphatic carbocycles. The van der Waals surface area contributed by atoms with Crippen molar-refractivity contribution in [1.29, 1.82) is 0 Å². The molecule has 1 atom stereocenters. The van der Waals surface area contributed by atoms with E-state index in [4.69, 9.17) is 0 Å². The first-order valence-electron chi connectivity index (χ1n) is 4.80. The minimum Gasteiger partial charge on any atom is -0.392 e. The number of rotatable bonds is 3. The second-order valence-corrected chi connectivity index (χ2v) is 4.96. The lowest BCUT2D eigenvalue weighted by molar-refractivity contribution is 0.0661. The Hall–Kier alpha value is -0.0800. The molecule has 2 nitrogen and oxygen atoms in total. The zero-order valence-corrected chi connectivity index (χ0v) is 8.67. The number of aliphatic hydroxyl groups is 1. The SMILES string of the molecule is CN(CC(O)C1CC1)C(C)(C)C. The lowest BCUT2D eigenvalue weighted by Gasteiger charge is -2.33. The molecule has 0 saturated heterocycles. The van der Waals surface area contributed by atoms with E-state index in [1.807, 2.05) is 0 Å². The van der Waals surface area contributed by atoms with Crippen molar-refractivity contribution in [1.82, 2.24) is 4.90 Å². The number of β-amino-alcohol motifs (C(OH)–C–C–N with tert-alkyl or cyclic N) is 1. The van der Waals surface area contributed by atoms with Gasteiger partial charge in [-0.1, -0.05) is 0 Å². The van der Waals surface area contributed by atoms with Gasteiger partial charge in [0.1, 0.15) is 0 Å². The molecule has 0 heterocycles. The van der Waals surface area contributed by atoms with Crippen molar-refractivity contribution in [3.05, 3.63) is 0 Å². The zero-order valence-electron chi connectivity index (χ0n) is 8.67. The molecule has 2 heteroatoms. The van der Waals surface area contributed by atoms with Gasteiger partial charge in [0.2, 0.25) is 0 Å². The van der Waals surface area contributed by atoms with Crippen LogP contribution in [0.15, 0.2) is 0 Å². The van der Waals surface area contributed by atoms with Crippen LogP contribution in [-0.4, -0.2) is 35.2 Å².